The van der Waals surface area contributed by atoms with Crippen LogP contribution in [0.2, 0.25) is 0 Å². The molecule has 2 rings (SSSR count). The molecule has 0 aliphatic heterocycles. The highest BCUT2D eigenvalue weighted by atomic mass is 19.4. The van der Waals surface area contributed by atoms with E-state index >= 15 is 0 Å². The van der Waals surface area contributed by atoms with Gasteiger partial charge < -0.3 is 9.72 Å². The lowest BCUT2D eigenvalue weighted by Crippen LogP contribution is -2.12. The summed E-state index contributed by atoms with van der Waals surface area (Å²) < 4.78 is 82.0. The summed E-state index contributed by atoms with van der Waals surface area (Å²) in [6.45, 7) is 1.37. The summed E-state index contributed by atoms with van der Waals surface area (Å²) in [5, 5.41) is -0.449. The van der Waals surface area contributed by atoms with E-state index in [0.717, 1.165) is 6.20 Å². The normalized spacial score (nSPS) is 14.1. The van der Waals surface area contributed by atoms with E-state index in [-0.39, 0.29) is 23.6 Å². The molecule has 3 nitrogen and oxygen atoms in total. The molecule has 0 aliphatic carbocycles. The first-order chi connectivity index (χ1) is 10.1. The lowest BCUT2D eigenvalue weighted by atomic mass is 10.00. The van der Waals surface area contributed by atoms with Gasteiger partial charge in [-0.3, -0.25) is 4.79 Å². The zero-order chi connectivity index (χ0) is 16.7. The highest BCUT2D eigenvalue weighted by Crippen LogP contribution is 2.42. The number of halogens is 6. The van der Waals surface area contributed by atoms with Gasteiger partial charge in [0.25, 0.3) is 6.47 Å². The van der Waals surface area contributed by atoms with E-state index < -0.39 is 35.0 Å². The lowest BCUT2D eigenvalue weighted by Gasteiger charge is -2.15. The van der Waals surface area contributed by atoms with Crippen LogP contribution in [-0.4, -0.2) is 11.5 Å². The molecule has 1 aromatic heterocycles. The molecule has 1 aromatic carbocycles. The number of benzene rings is 1. The van der Waals surface area contributed by atoms with Crippen molar-refractivity contribution in [3.8, 4) is 0 Å². The zero-order valence-electron chi connectivity index (χ0n) is 11.0. The fourth-order valence-electron chi connectivity index (χ4n) is 2.16. The Morgan fingerprint density at radius 3 is 2.27 bits per heavy atom. The van der Waals surface area contributed by atoms with E-state index in [2.05, 4.69) is 9.72 Å². The second-order valence-corrected chi connectivity index (χ2v) is 4.56. The highest BCUT2D eigenvalue weighted by molar-refractivity contribution is 5.88. The summed E-state index contributed by atoms with van der Waals surface area (Å²) >= 11 is 0. The van der Waals surface area contributed by atoms with Crippen LogP contribution in [0.1, 0.15) is 29.7 Å². The fourth-order valence-corrected chi connectivity index (χ4v) is 2.16. The van der Waals surface area contributed by atoms with Crippen molar-refractivity contribution in [3.05, 3.63) is 35.0 Å². The molecule has 0 saturated heterocycles. The quantitative estimate of drug-likeness (QED) is 0.670. The maximum Gasteiger partial charge on any atom is 0.417 e. The number of aromatic amines is 1. The number of fused-ring (bicyclic) bond motifs is 1. The molecule has 0 aliphatic rings. The van der Waals surface area contributed by atoms with Crippen molar-refractivity contribution in [1.82, 2.24) is 4.98 Å². The van der Waals surface area contributed by atoms with Crippen LogP contribution in [0.25, 0.3) is 10.9 Å². The number of H-pyrrole nitrogens is 1. The Morgan fingerprint density at radius 1 is 1.14 bits per heavy atom. The largest absolute Gasteiger partial charge is 0.460 e. The van der Waals surface area contributed by atoms with Crippen LogP contribution in [0.3, 0.4) is 0 Å². The molecule has 22 heavy (non-hydrogen) atoms. The lowest BCUT2D eigenvalue weighted by molar-refractivity contribution is -0.142. The molecule has 1 N–H and O–H groups in total. The van der Waals surface area contributed by atoms with Crippen LogP contribution in [0.5, 0.6) is 0 Å². The van der Waals surface area contributed by atoms with Crippen molar-refractivity contribution in [3.63, 3.8) is 0 Å². The number of nitrogens with one attached hydrogen (secondary N) is 1. The second-order valence-electron chi connectivity index (χ2n) is 4.56. The van der Waals surface area contributed by atoms with Gasteiger partial charge in [-0.05, 0) is 19.1 Å². The average Bonchev–Trinajstić information content (AvgIpc) is 2.79. The number of rotatable bonds is 3. The molecule has 0 spiro atoms. The predicted octanol–water partition coefficient (Wildman–Crippen LogP) is 4.44. The SMILES string of the molecule is CC(OC=O)c1c[nH]c2cc(C(F)(F)F)cc(C(F)(F)F)c12. The Bertz CT molecular complexity index is 701. The fraction of sp³-hybridized carbons (Fsp3) is 0.308. The van der Waals surface area contributed by atoms with Crippen molar-refractivity contribution >= 4 is 17.4 Å². The Hall–Kier alpha value is -2.19. The minimum absolute atomic E-state index is 0.0489. The smallest absolute Gasteiger partial charge is 0.417 e. The molecule has 1 atom stereocenters. The van der Waals surface area contributed by atoms with Gasteiger partial charge in [0.15, 0.2) is 0 Å². The van der Waals surface area contributed by atoms with Gasteiger partial charge in [0, 0.05) is 22.7 Å². The van der Waals surface area contributed by atoms with Crippen molar-refractivity contribution < 1.29 is 35.9 Å². The van der Waals surface area contributed by atoms with Gasteiger partial charge in [-0.25, -0.2) is 0 Å². The first kappa shape index (κ1) is 16.2. The van der Waals surface area contributed by atoms with Crippen LogP contribution < -0.4 is 0 Å². The summed E-state index contributed by atoms with van der Waals surface area (Å²) in [5.41, 5.74) is -3.23. The van der Waals surface area contributed by atoms with Gasteiger partial charge in [-0.15, -0.1) is 0 Å². The van der Waals surface area contributed by atoms with E-state index in [1.807, 2.05) is 0 Å². The molecule has 0 bridgehead atoms. The molecule has 0 radical (unpaired) electrons. The zero-order valence-corrected chi connectivity index (χ0v) is 11.0. The van der Waals surface area contributed by atoms with E-state index in [9.17, 15) is 31.1 Å². The number of carbonyl (C=O) groups is 1. The van der Waals surface area contributed by atoms with Crippen LogP contribution >= 0.6 is 0 Å². The van der Waals surface area contributed by atoms with Gasteiger partial charge in [-0.1, -0.05) is 0 Å². The molecule has 0 saturated carbocycles. The second kappa shape index (κ2) is 5.22. The number of alkyl halides is 6. The van der Waals surface area contributed by atoms with E-state index in [0.29, 0.717) is 6.07 Å². The maximum absolute atomic E-state index is 13.1. The van der Waals surface area contributed by atoms with Crippen molar-refractivity contribution in [2.75, 3.05) is 0 Å². The van der Waals surface area contributed by atoms with Gasteiger partial charge in [0.05, 0.1) is 11.1 Å². The number of ether oxygens (including phenoxy) is 1. The third-order valence-electron chi connectivity index (χ3n) is 3.14. The van der Waals surface area contributed by atoms with Gasteiger partial charge in [0.1, 0.15) is 6.10 Å². The first-order valence-corrected chi connectivity index (χ1v) is 5.94. The number of carbonyl (C=O) groups excluding carboxylic acids is 1. The highest BCUT2D eigenvalue weighted by Gasteiger charge is 2.39. The summed E-state index contributed by atoms with van der Waals surface area (Å²) in [6, 6.07) is 0.634. The Kier molecular flexibility index (Phi) is 3.84. The average molecular weight is 325 g/mol. The summed E-state index contributed by atoms with van der Waals surface area (Å²) in [5.74, 6) is 0. The molecular weight excluding hydrogens is 316 g/mol. The summed E-state index contributed by atoms with van der Waals surface area (Å²) in [7, 11) is 0. The summed E-state index contributed by atoms with van der Waals surface area (Å²) in [6.07, 6.45) is -9.85. The molecular formula is C13H9F6NO2. The molecule has 120 valence electrons. The topological polar surface area (TPSA) is 42.1 Å². The Labute approximate surface area is 119 Å². The Balaban J connectivity index is 2.77. The predicted molar refractivity (Wildman–Crippen MR) is 63.9 cm³/mol. The van der Waals surface area contributed by atoms with Gasteiger partial charge in [-0.2, -0.15) is 26.3 Å². The molecule has 9 heteroatoms. The van der Waals surface area contributed by atoms with Crippen molar-refractivity contribution in [2.45, 2.75) is 25.4 Å². The molecule has 0 fully saturated rings. The van der Waals surface area contributed by atoms with E-state index in [1.54, 1.807) is 0 Å². The van der Waals surface area contributed by atoms with Crippen molar-refractivity contribution in [1.29, 1.82) is 0 Å². The third kappa shape index (κ3) is 2.88. The van der Waals surface area contributed by atoms with E-state index in [1.165, 1.54) is 6.92 Å². The van der Waals surface area contributed by atoms with Crippen LogP contribution in [0.15, 0.2) is 18.3 Å². The molecule has 2 aromatic rings. The monoisotopic (exact) mass is 325 g/mol. The third-order valence-corrected chi connectivity index (χ3v) is 3.14. The maximum atomic E-state index is 13.1. The van der Waals surface area contributed by atoms with Crippen LogP contribution in [-0.2, 0) is 21.9 Å². The van der Waals surface area contributed by atoms with Crippen LogP contribution in [0, 0.1) is 0 Å². The number of hydrogen-bond donors (Lipinski definition) is 1. The van der Waals surface area contributed by atoms with Gasteiger partial charge >= 0.3 is 12.4 Å². The number of aromatic nitrogens is 1. The standard InChI is InChI=1S/C13H9F6NO2/c1-6(22-5-21)8-4-20-10-3-7(12(14,15)16)2-9(11(8)10)13(17,18)19/h2-6,20H,1H3. The van der Waals surface area contributed by atoms with E-state index in [4.69, 9.17) is 0 Å². The molecule has 1 unspecified atom stereocenters. The van der Waals surface area contributed by atoms with Crippen molar-refractivity contribution in [2.24, 2.45) is 0 Å². The first-order valence-electron chi connectivity index (χ1n) is 5.94. The Morgan fingerprint density at radius 2 is 1.77 bits per heavy atom. The summed E-state index contributed by atoms with van der Waals surface area (Å²) in [4.78, 5) is 12.7. The van der Waals surface area contributed by atoms with Gasteiger partial charge in [0.2, 0.25) is 0 Å². The molecule has 0 amide bonds. The number of hydrogen-bond acceptors (Lipinski definition) is 2. The van der Waals surface area contributed by atoms with Crippen LogP contribution in [0.4, 0.5) is 26.3 Å². The minimum atomic E-state index is -4.99. The minimum Gasteiger partial charge on any atom is -0.460 e. The molecule has 1 heterocycles.